The molecule has 4 rings (SSSR count). The van der Waals surface area contributed by atoms with E-state index in [1.54, 1.807) is 78.9 Å². The average molecular weight is 603 g/mol. The third kappa shape index (κ3) is 6.81. The van der Waals surface area contributed by atoms with Crippen molar-refractivity contribution in [3.63, 3.8) is 0 Å². The summed E-state index contributed by atoms with van der Waals surface area (Å²) in [5.74, 6) is 0.0603. The van der Waals surface area contributed by atoms with Gasteiger partial charge in [0.1, 0.15) is 16.1 Å². The quantitative estimate of drug-likeness (QED) is 0.337. The van der Waals surface area contributed by atoms with Gasteiger partial charge in [0.15, 0.2) is 5.75 Å². The summed E-state index contributed by atoms with van der Waals surface area (Å²) in [4.78, 5) is 28.1. The minimum absolute atomic E-state index is 0.0112. The molecule has 0 fully saturated rings. The van der Waals surface area contributed by atoms with Crippen molar-refractivity contribution in [2.75, 3.05) is 44.5 Å². The highest BCUT2D eigenvalue weighted by Gasteiger charge is 2.36. The van der Waals surface area contributed by atoms with Crippen LogP contribution in [0.25, 0.3) is 0 Å². The van der Waals surface area contributed by atoms with Crippen LogP contribution in [0.15, 0.2) is 64.2 Å². The second-order valence-corrected chi connectivity index (χ2v) is 13.0. The summed E-state index contributed by atoms with van der Waals surface area (Å²) in [6.45, 7) is 3.56. The zero-order valence-corrected chi connectivity index (χ0v) is 24.9. The van der Waals surface area contributed by atoms with Gasteiger partial charge in [-0.25, -0.2) is 13.2 Å². The number of urea groups is 1. The van der Waals surface area contributed by atoms with Gasteiger partial charge in [0.2, 0.25) is 0 Å². The molecule has 3 atom stereocenters. The molecule has 0 spiro atoms. The minimum Gasteiger partial charge on any atom is -0.497 e. The molecule has 0 bridgehead atoms. The number of nitrogens with zero attached hydrogens (tertiary/aromatic N) is 2. The Morgan fingerprint density at radius 2 is 1.93 bits per heavy atom. The molecule has 2 aromatic carbocycles. The van der Waals surface area contributed by atoms with Crippen LogP contribution in [-0.2, 0) is 10.0 Å². The van der Waals surface area contributed by atoms with Crippen LogP contribution in [0.2, 0.25) is 0 Å². The first-order valence-electron chi connectivity index (χ1n) is 13.0. The maximum Gasteiger partial charge on any atom is 0.323 e. The van der Waals surface area contributed by atoms with Gasteiger partial charge in [0, 0.05) is 25.2 Å². The Morgan fingerprint density at radius 1 is 1.20 bits per heavy atom. The number of rotatable bonds is 9. The summed E-state index contributed by atoms with van der Waals surface area (Å²) in [5, 5.41) is 17.1. The molecule has 0 unspecified atom stereocenters. The van der Waals surface area contributed by atoms with Gasteiger partial charge in [-0.1, -0.05) is 19.1 Å². The Balaban J connectivity index is 1.66. The minimum atomic E-state index is -3.77. The van der Waals surface area contributed by atoms with E-state index in [4.69, 9.17) is 9.47 Å². The Kier molecular flexibility index (Phi) is 9.53. The molecule has 3 aromatic rings. The fourth-order valence-corrected chi connectivity index (χ4v) is 6.82. The normalized spacial score (nSPS) is 18.1. The molecule has 1 aliphatic rings. The number of likely N-dealkylation sites (N-methyl/N-ethyl adjacent to an activating group) is 1. The van der Waals surface area contributed by atoms with E-state index in [2.05, 4.69) is 10.6 Å². The van der Waals surface area contributed by atoms with Crippen molar-refractivity contribution in [2.45, 2.75) is 30.2 Å². The molecule has 0 saturated carbocycles. The number of nitrogens with one attached hydrogen (secondary N) is 2. The molecule has 0 aliphatic carbocycles. The van der Waals surface area contributed by atoms with Crippen LogP contribution in [0.3, 0.4) is 0 Å². The second kappa shape index (κ2) is 12.9. The number of anilines is 2. The monoisotopic (exact) mass is 602 g/mol. The Labute approximate surface area is 243 Å². The fraction of sp³-hybridized carbons (Fsp3) is 0.357. The molecular weight excluding hydrogens is 568 g/mol. The van der Waals surface area contributed by atoms with Crippen LogP contribution in [0.4, 0.5) is 16.2 Å². The van der Waals surface area contributed by atoms with Gasteiger partial charge in [-0.2, -0.15) is 4.31 Å². The largest absolute Gasteiger partial charge is 0.497 e. The summed E-state index contributed by atoms with van der Waals surface area (Å²) in [5.41, 5.74) is 0.948. The van der Waals surface area contributed by atoms with Crippen molar-refractivity contribution in [1.82, 2.24) is 9.21 Å². The second-order valence-electron chi connectivity index (χ2n) is 9.83. The van der Waals surface area contributed by atoms with Crippen LogP contribution in [0.5, 0.6) is 11.5 Å². The van der Waals surface area contributed by atoms with E-state index >= 15 is 0 Å². The first kappa shape index (κ1) is 30.3. The lowest BCUT2D eigenvalue weighted by Crippen LogP contribution is -2.50. The average Bonchev–Trinajstić information content (AvgIpc) is 3.51. The summed E-state index contributed by atoms with van der Waals surface area (Å²) >= 11 is 1.12. The number of thiophene rings is 1. The first-order chi connectivity index (χ1) is 19.5. The number of sulfonamides is 1. The number of amides is 3. The molecule has 220 valence electrons. The van der Waals surface area contributed by atoms with Crippen molar-refractivity contribution in [3.05, 3.63) is 65.5 Å². The molecule has 0 saturated heterocycles. The molecule has 0 radical (unpaired) electrons. The van der Waals surface area contributed by atoms with E-state index < -0.39 is 28.2 Å². The van der Waals surface area contributed by atoms with Gasteiger partial charge < -0.3 is 30.1 Å². The van der Waals surface area contributed by atoms with E-state index in [0.717, 1.165) is 11.3 Å². The van der Waals surface area contributed by atoms with E-state index in [0.29, 0.717) is 11.4 Å². The Bertz CT molecular complexity index is 1460. The van der Waals surface area contributed by atoms with Gasteiger partial charge in [0.05, 0.1) is 37.6 Å². The standard InChI is InChI=1S/C28H34N4O7S2/c1-18-15-32(19(2)17-33)27(34)22-7-5-8-23(30-28(35)29-20-10-12-21(38-4)13-11-20)26(22)39-24(18)16-31(3)41(36,37)25-9-6-14-40-25/h5-14,18-19,24,33H,15-17H2,1-4H3,(H2,29,30,35)/t18-,19+,24+/m1/s1. The molecule has 3 amide bonds. The summed E-state index contributed by atoms with van der Waals surface area (Å²) < 4.78 is 39.4. The van der Waals surface area contributed by atoms with Gasteiger partial charge in [-0.3, -0.25) is 4.79 Å². The van der Waals surface area contributed by atoms with Gasteiger partial charge in [-0.15, -0.1) is 11.3 Å². The molecule has 13 heteroatoms. The molecule has 2 heterocycles. The van der Waals surface area contributed by atoms with E-state index in [9.17, 15) is 23.1 Å². The number of para-hydroxylation sites is 1. The maximum atomic E-state index is 13.7. The molecular formula is C28H34N4O7S2. The smallest absolute Gasteiger partial charge is 0.323 e. The number of methoxy groups -OCH3 is 1. The Morgan fingerprint density at radius 3 is 2.56 bits per heavy atom. The zero-order valence-electron chi connectivity index (χ0n) is 23.2. The zero-order chi connectivity index (χ0) is 29.7. The van der Waals surface area contributed by atoms with Crippen LogP contribution in [0, 0.1) is 5.92 Å². The van der Waals surface area contributed by atoms with Crippen molar-refractivity contribution in [1.29, 1.82) is 0 Å². The number of ether oxygens (including phenoxy) is 2. The molecule has 1 aromatic heterocycles. The molecule has 41 heavy (non-hydrogen) atoms. The van der Waals surface area contributed by atoms with Gasteiger partial charge >= 0.3 is 6.03 Å². The maximum absolute atomic E-state index is 13.7. The van der Waals surface area contributed by atoms with Crippen molar-refractivity contribution < 1.29 is 32.6 Å². The number of carbonyl (C=O) groups excluding carboxylic acids is 2. The molecule has 11 nitrogen and oxygen atoms in total. The number of fused-ring (bicyclic) bond motifs is 1. The lowest BCUT2D eigenvalue weighted by atomic mass is 9.99. The highest BCUT2D eigenvalue weighted by molar-refractivity contribution is 7.91. The molecule has 3 N–H and O–H groups in total. The number of aliphatic hydroxyl groups is 1. The van der Waals surface area contributed by atoms with Crippen molar-refractivity contribution in [3.8, 4) is 11.5 Å². The topological polar surface area (TPSA) is 138 Å². The summed E-state index contributed by atoms with van der Waals surface area (Å²) in [6, 6.07) is 13.7. The fourth-order valence-electron chi connectivity index (χ4n) is 4.43. The van der Waals surface area contributed by atoms with Gasteiger partial charge in [-0.05, 0) is 54.8 Å². The Hall–Kier alpha value is -3.65. The van der Waals surface area contributed by atoms with Crippen LogP contribution >= 0.6 is 11.3 Å². The van der Waals surface area contributed by atoms with Crippen LogP contribution in [-0.4, -0.2) is 80.7 Å². The highest BCUT2D eigenvalue weighted by Crippen LogP contribution is 2.35. The summed E-state index contributed by atoms with van der Waals surface area (Å²) in [6.07, 6.45) is -0.692. The van der Waals surface area contributed by atoms with Crippen LogP contribution < -0.4 is 20.1 Å². The third-order valence-electron chi connectivity index (χ3n) is 6.88. The molecule has 1 aliphatic heterocycles. The van der Waals surface area contributed by atoms with E-state index in [1.165, 1.54) is 11.4 Å². The SMILES string of the molecule is COc1ccc(NC(=O)Nc2cccc3c2O[C@@H](CN(C)S(=O)(=O)c2cccs2)[C@H](C)CN([C@@H](C)CO)C3=O)cc1. The van der Waals surface area contributed by atoms with E-state index in [-0.39, 0.29) is 52.7 Å². The highest BCUT2D eigenvalue weighted by atomic mass is 32.2. The number of benzene rings is 2. The van der Waals surface area contributed by atoms with Crippen LogP contribution in [0.1, 0.15) is 24.2 Å². The predicted molar refractivity (Wildman–Crippen MR) is 157 cm³/mol. The number of aliphatic hydroxyl groups excluding tert-OH is 1. The first-order valence-corrected chi connectivity index (χ1v) is 15.3. The van der Waals surface area contributed by atoms with Crippen molar-refractivity contribution in [2.24, 2.45) is 5.92 Å². The van der Waals surface area contributed by atoms with E-state index in [1.807, 2.05) is 6.92 Å². The third-order valence-corrected chi connectivity index (χ3v) is 10.1. The number of hydrogen-bond acceptors (Lipinski definition) is 8. The van der Waals surface area contributed by atoms with Crippen molar-refractivity contribution >= 4 is 44.7 Å². The summed E-state index contributed by atoms with van der Waals surface area (Å²) in [7, 11) is -0.738. The predicted octanol–water partition coefficient (Wildman–Crippen LogP) is 3.94. The number of hydrogen-bond donors (Lipinski definition) is 3. The lowest BCUT2D eigenvalue weighted by Gasteiger charge is -2.38. The lowest BCUT2D eigenvalue weighted by molar-refractivity contribution is 0.0389. The number of carbonyl (C=O) groups is 2. The van der Waals surface area contributed by atoms with Gasteiger partial charge in [0.25, 0.3) is 15.9 Å².